The van der Waals surface area contributed by atoms with Gasteiger partial charge in [-0.3, -0.25) is 0 Å². The third kappa shape index (κ3) is 8.73. The Kier molecular flexibility index (Phi) is 8.36. The van der Waals surface area contributed by atoms with Crippen LogP contribution >= 0.6 is 0 Å². The van der Waals surface area contributed by atoms with Gasteiger partial charge in [0.15, 0.2) is 12.6 Å². The minimum Gasteiger partial charge on any atom is -0.373 e. The van der Waals surface area contributed by atoms with Crippen molar-refractivity contribution in [3.05, 3.63) is 0 Å². The lowest BCUT2D eigenvalue weighted by molar-refractivity contribution is -0.345. The molecule has 0 amide bonds. The molecule has 1 heterocycles. The summed E-state index contributed by atoms with van der Waals surface area (Å²) >= 11 is 0. The third-order valence-electron chi connectivity index (χ3n) is 2.76. The van der Waals surface area contributed by atoms with Gasteiger partial charge >= 0.3 is 0 Å². The van der Waals surface area contributed by atoms with Crippen LogP contribution in [0, 0.1) is 5.41 Å². The van der Waals surface area contributed by atoms with Gasteiger partial charge in [-0.1, -0.05) is 34.6 Å². The summed E-state index contributed by atoms with van der Waals surface area (Å²) < 4.78 is 16.5. The Labute approximate surface area is 129 Å². The van der Waals surface area contributed by atoms with Gasteiger partial charge in [-0.15, -0.1) is 0 Å². The van der Waals surface area contributed by atoms with Crippen molar-refractivity contribution < 1.29 is 24.4 Å². The molecule has 1 aliphatic heterocycles. The van der Waals surface area contributed by atoms with E-state index >= 15 is 0 Å². The smallest absolute Gasteiger partial charge is 0.186 e. The van der Waals surface area contributed by atoms with Crippen LogP contribution in [0.4, 0.5) is 0 Å². The molecule has 1 saturated heterocycles. The van der Waals surface area contributed by atoms with Gasteiger partial charge in [0, 0.05) is 0 Å². The summed E-state index contributed by atoms with van der Waals surface area (Å²) in [4.78, 5) is 0. The first-order valence-corrected chi connectivity index (χ1v) is 7.79. The molecular formula is C16H34O5. The van der Waals surface area contributed by atoms with Crippen LogP contribution in [0.15, 0.2) is 0 Å². The molecule has 1 fully saturated rings. The van der Waals surface area contributed by atoms with Crippen LogP contribution < -0.4 is 0 Å². The van der Waals surface area contributed by atoms with E-state index in [4.69, 9.17) is 14.2 Å². The predicted octanol–water partition coefficient (Wildman–Crippen LogP) is 2.68. The number of aliphatic hydroxyl groups excluding tert-OH is 2. The number of ether oxygens (including phenoxy) is 3. The SMILES string of the molecule is CC.CC(C)(C)CC1OC(COC(C)(C)C)C(O)OC1O. The van der Waals surface area contributed by atoms with Crippen LogP contribution in [-0.4, -0.2) is 47.2 Å². The van der Waals surface area contributed by atoms with Crippen molar-refractivity contribution in [2.45, 2.75) is 92.2 Å². The molecule has 0 bridgehead atoms. The van der Waals surface area contributed by atoms with E-state index in [2.05, 4.69) is 20.8 Å². The number of hydrogen-bond donors (Lipinski definition) is 2. The van der Waals surface area contributed by atoms with E-state index in [0.29, 0.717) is 6.42 Å². The Hall–Kier alpha value is -0.200. The van der Waals surface area contributed by atoms with E-state index in [1.807, 2.05) is 34.6 Å². The molecule has 21 heavy (non-hydrogen) atoms. The molecule has 5 heteroatoms. The van der Waals surface area contributed by atoms with E-state index in [9.17, 15) is 10.2 Å². The summed E-state index contributed by atoms with van der Waals surface area (Å²) in [6.07, 6.45) is -2.63. The van der Waals surface area contributed by atoms with Crippen LogP contribution in [0.1, 0.15) is 61.8 Å². The molecule has 0 saturated carbocycles. The molecular weight excluding hydrogens is 272 g/mol. The Morgan fingerprint density at radius 1 is 0.857 bits per heavy atom. The quantitative estimate of drug-likeness (QED) is 0.839. The summed E-state index contributed by atoms with van der Waals surface area (Å²) in [6, 6.07) is 0. The molecule has 4 unspecified atom stereocenters. The summed E-state index contributed by atoms with van der Waals surface area (Å²) in [6.45, 7) is 16.2. The van der Waals surface area contributed by atoms with Crippen LogP contribution in [0.3, 0.4) is 0 Å². The van der Waals surface area contributed by atoms with Gasteiger partial charge in [-0.2, -0.15) is 0 Å². The highest BCUT2D eigenvalue weighted by Crippen LogP contribution is 2.29. The largest absolute Gasteiger partial charge is 0.373 e. The molecule has 0 aliphatic carbocycles. The monoisotopic (exact) mass is 306 g/mol. The van der Waals surface area contributed by atoms with Gasteiger partial charge < -0.3 is 24.4 Å². The fraction of sp³-hybridized carbons (Fsp3) is 1.00. The maximum Gasteiger partial charge on any atom is 0.186 e. The molecule has 0 aromatic heterocycles. The summed E-state index contributed by atoms with van der Waals surface area (Å²) in [5, 5.41) is 19.6. The van der Waals surface area contributed by atoms with Crippen molar-refractivity contribution >= 4 is 0 Å². The van der Waals surface area contributed by atoms with Crippen molar-refractivity contribution in [1.82, 2.24) is 0 Å². The van der Waals surface area contributed by atoms with Crippen LogP contribution in [0.2, 0.25) is 0 Å². The predicted molar refractivity (Wildman–Crippen MR) is 82.9 cm³/mol. The molecule has 0 aromatic rings. The Bertz CT molecular complexity index is 279. The lowest BCUT2D eigenvalue weighted by Crippen LogP contribution is -2.52. The molecule has 1 rings (SSSR count). The zero-order valence-corrected chi connectivity index (χ0v) is 14.8. The zero-order valence-electron chi connectivity index (χ0n) is 14.8. The van der Waals surface area contributed by atoms with Crippen molar-refractivity contribution in [1.29, 1.82) is 0 Å². The lowest BCUT2D eigenvalue weighted by Gasteiger charge is -2.40. The molecule has 5 nitrogen and oxygen atoms in total. The second-order valence-electron chi connectivity index (χ2n) is 7.32. The topological polar surface area (TPSA) is 68.2 Å². The first kappa shape index (κ1) is 20.8. The molecule has 0 radical (unpaired) electrons. The standard InChI is InChI=1S/C14H28O5.C2H6/c1-13(2,3)7-9-11(15)19-12(16)10(18-9)8-17-14(4,5)6;1-2/h9-12,15-16H,7-8H2,1-6H3;1-2H3. The van der Waals surface area contributed by atoms with E-state index in [1.54, 1.807) is 0 Å². The molecule has 2 N–H and O–H groups in total. The lowest BCUT2D eigenvalue weighted by atomic mass is 9.88. The Morgan fingerprint density at radius 3 is 1.76 bits per heavy atom. The fourth-order valence-electron chi connectivity index (χ4n) is 1.88. The Morgan fingerprint density at radius 2 is 1.33 bits per heavy atom. The third-order valence-corrected chi connectivity index (χ3v) is 2.76. The van der Waals surface area contributed by atoms with E-state index < -0.39 is 24.8 Å². The maximum absolute atomic E-state index is 9.80. The fourth-order valence-corrected chi connectivity index (χ4v) is 1.88. The number of rotatable bonds is 3. The second-order valence-corrected chi connectivity index (χ2v) is 7.32. The molecule has 0 spiro atoms. The van der Waals surface area contributed by atoms with Gasteiger partial charge in [0.1, 0.15) is 12.2 Å². The van der Waals surface area contributed by atoms with Crippen molar-refractivity contribution in [3.8, 4) is 0 Å². The average molecular weight is 306 g/mol. The van der Waals surface area contributed by atoms with Crippen molar-refractivity contribution in [3.63, 3.8) is 0 Å². The molecule has 4 atom stereocenters. The summed E-state index contributed by atoms with van der Waals surface area (Å²) in [5.74, 6) is 0. The molecule has 0 aromatic carbocycles. The van der Waals surface area contributed by atoms with Gasteiger partial charge in [0.2, 0.25) is 0 Å². The van der Waals surface area contributed by atoms with E-state index in [0.717, 1.165) is 0 Å². The highest BCUT2D eigenvalue weighted by Gasteiger charge is 2.39. The van der Waals surface area contributed by atoms with E-state index in [-0.39, 0.29) is 17.6 Å². The van der Waals surface area contributed by atoms with Crippen molar-refractivity contribution in [2.24, 2.45) is 5.41 Å². The van der Waals surface area contributed by atoms with Gasteiger partial charge in [0.25, 0.3) is 0 Å². The van der Waals surface area contributed by atoms with Crippen LogP contribution in [0.25, 0.3) is 0 Å². The number of aliphatic hydroxyl groups is 2. The van der Waals surface area contributed by atoms with Crippen molar-refractivity contribution in [2.75, 3.05) is 6.61 Å². The minimum atomic E-state index is -1.16. The minimum absolute atomic E-state index is 0.00668. The highest BCUT2D eigenvalue weighted by atomic mass is 16.7. The molecule has 1 aliphatic rings. The summed E-state index contributed by atoms with van der Waals surface area (Å²) in [5.41, 5.74) is -0.300. The second kappa shape index (κ2) is 8.44. The number of hydrogen-bond acceptors (Lipinski definition) is 5. The highest BCUT2D eigenvalue weighted by molar-refractivity contribution is 4.79. The first-order valence-electron chi connectivity index (χ1n) is 7.79. The normalized spacial score (nSPS) is 30.6. The maximum atomic E-state index is 9.80. The first-order chi connectivity index (χ1) is 9.48. The van der Waals surface area contributed by atoms with E-state index in [1.165, 1.54) is 0 Å². The average Bonchev–Trinajstić information content (AvgIpc) is 2.31. The van der Waals surface area contributed by atoms with Gasteiger partial charge in [0.05, 0.1) is 12.2 Å². The van der Waals surface area contributed by atoms with Gasteiger partial charge in [-0.05, 0) is 32.6 Å². The van der Waals surface area contributed by atoms with Gasteiger partial charge in [-0.25, -0.2) is 0 Å². The van der Waals surface area contributed by atoms with Crippen LogP contribution in [0.5, 0.6) is 0 Å². The van der Waals surface area contributed by atoms with Crippen LogP contribution in [-0.2, 0) is 14.2 Å². The Balaban J connectivity index is 0.00000191. The molecule has 128 valence electrons. The summed E-state index contributed by atoms with van der Waals surface area (Å²) in [7, 11) is 0. The zero-order chi connectivity index (χ0) is 16.8.